The maximum Gasteiger partial charge on any atom is 0.00698 e. The zero-order valence-electron chi connectivity index (χ0n) is 12.5. The van der Waals surface area contributed by atoms with Crippen molar-refractivity contribution in [3.8, 4) is 0 Å². The van der Waals surface area contributed by atoms with E-state index in [9.17, 15) is 0 Å². The fourth-order valence-corrected chi connectivity index (χ4v) is 2.68. The molecule has 0 aliphatic rings. The molecule has 0 aliphatic heterocycles. The monoisotopic (exact) mass is 255 g/mol. The van der Waals surface area contributed by atoms with Crippen LogP contribution in [0.5, 0.6) is 0 Å². The van der Waals surface area contributed by atoms with Gasteiger partial charge in [-0.2, -0.15) is 0 Å². The molecule has 0 fully saturated rings. The van der Waals surface area contributed by atoms with Crippen LogP contribution in [0.4, 0.5) is 0 Å². The van der Waals surface area contributed by atoms with Crippen molar-refractivity contribution in [2.45, 2.75) is 46.2 Å². The molecule has 0 radical (unpaired) electrons. The Morgan fingerprint density at radius 2 is 1.58 bits per heavy atom. The van der Waals surface area contributed by atoms with Crippen LogP contribution < -0.4 is 5.32 Å². The molecule has 1 nitrogen and oxygen atoms in total. The number of hydrogen-bond donors (Lipinski definition) is 1. The van der Waals surface area contributed by atoms with E-state index in [4.69, 9.17) is 0 Å². The van der Waals surface area contributed by atoms with Gasteiger partial charge in [-0.05, 0) is 35.6 Å². The summed E-state index contributed by atoms with van der Waals surface area (Å²) < 4.78 is 0. The lowest BCUT2D eigenvalue weighted by molar-refractivity contribution is 0.372. The van der Waals surface area contributed by atoms with Crippen molar-refractivity contribution >= 4 is 10.8 Å². The fraction of sp³-hybridized carbons (Fsp3) is 0.444. The van der Waals surface area contributed by atoms with Crippen molar-refractivity contribution in [1.29, 1.82) is 0 Å². The maximum atomic E-state index is 3.61. The molecule has 2 rings (SSSR count). The van der Waals surface area contributed by atoms with Crippen molar-refractivity contribution in [3.63, 3.8) is 0 Å². The highest BCUT2D eigenvalue weighted by Crippen LogP contribution is 2.22. The van der Waals surface area contributed by atoms with E-state index in [0.717, 1.165) is 6.42 Å². The summed E-state index contributed by atoms with van der Waals surface area (Å²) in [6.45, 7) is 9.04. The molecule has 0 aromatic heterocycles. The van der Waals surface area contributed by atoms with Crippen molar-refractivity contribution in [2.24, 2.45) is 5.92 Å². The van der Waals surface area contributed by atoms with E-state index < -0.39 is 0 Å². The van der Waals surface area contributed by atoms with Gasteiger partial charge in [-0.25, -0.2) is 0 Å². The average molecular weight is 255 g/mol. The normalized spacial score (nSPS) is 14.8. The van der Waals surface area contributed by atoms with Gasteiger partial charge in [0.25, 0.3) is 0 Å². The Kier molecular flexibility index (Phi) is 4.60. The van der Waals surface area contributed by atoms with Crippen LogP contribution in [-0.2, 0) is 6.42 Å². The molecular weight excluding hydrogens is 230 g/mol. The third-order valence-electron chi connectivity index (χ3n) is 3.87. The second-order valence-electron chi connectivity index (χ2n) is 5.93. The van der Waals surface area contributed by atoms with E-state index in [-0.39, 0.29) is 0 Å². The van der Waals surface area contributed by atoms with E-state index >= 15 is 0 Å². The molecular formula is C18H25N. The summed E-state index contributed by atoms with van der Waals surface area (Å²) in [4.78, 5) is 0. The van der Waals surface area contributed by atoms with Crippen LogP contribution in [0.2, 0.25) is 0 Å². The second-order valence-corrected chi connectivity index (χ2v) is 5.93. The first-order valence-electron chi connectivity index (χ1n) is 7.30. The minimum absolute atomic E-state index is 0.541. The molecule has 19 heavy (non-hydrogen) atoms. The highest BCUT2D eigenvalue weighted by Gasteiger charge is 2.14. The van der Waals surface area contributed by atoms with E-state index in [0.29, 0.717) is 18.0 Å². The minimum atomic E-state index is 0.541. The quantitative estimate of drug-likeness (QED) is 0.834. The molecule has 0 bridgehead atoms. The summed E-state index contributed by atoms with van der Waals surface area (Å²) in [7, 11) is 0. The predicted octanol–water partition coefficient (Wildman–Crippen LogP) is 4.40. The summed E-state index contributed by atoms with van der Waals surface area (Å²) in [5.41, 5.74) is 1.46. The van der Waals surface area contributed by atoms with Crippen molar-refractivity contribution in [3.05, 3.63) is 48.0 Å². The van der Waals surface area contributed by atoms with Gasteiger partial charge >= 0.3 is 0 Å². The van der Waals surface area contributed by atoms with Crippen LogP contribution in [-0.4, -0.2) is 12.1 Å². The molecule has 2 atom stereocenters. The highest BCUT2D eigenvalue weighted by atomic mass is 14.9. The van der Waals surface area contributed by atoms with E-state index in [1.54, 1.807) is 0 Å². The highest BCUT2D eigenvalue weighted by molar-refractivity contribution is 5.85. The number of benzene rings is 2. The molecule has 0 heterocycles. The Hall–Kier alpha value is -1.34. The first-order valence-corrected chi connectivity index (χ1v) is 7.30. The van der Waals surface area contributed by atoms with Gasteiger partial charge in [0, 0.05) is 12.1 Å². The summed E-state index contributed by atoms with van der Waals surface area (Å²) in [5, 5.41) is 6.35. The molecule has 0 saturated heterocycles. The zero-order chi connectivity index (χ0) is 13.8. The number of fused-ring (bicyclic) bond motifs is 1. The molecule has 0 amide bonds. The molecule has 2 unspecified atom stereocenters. The van der Waals surface area contributed by atoms with Crippen molar-refractivity contribution in [1.82, 2.24) is 5.32 Å². The van der Waals surface area contributed by atoms with E-state index in [2.05, 4.69) is 75.5 Å². The second kappa shape index (κ2) is 6.21. The van der Waals surface area contributed by atoms with Crippen LogP contribution in [0.3, 0.4) is 0 Å². The number of hydrogen-bond acceptors (Lipinski definition) is 1. The summed E-state index contributed by atoms with van der Waals surface area (Å²) in [6, 6.07) is 16.4. The third-order valence-corrected chi connectivity index (χ3v) is 3.87. The average Bonchev–Trinajstić information content (AvgIpc) is 2.38. The smallest absolute Gasteiger partial charge is 0.00698 e. The molecule has 0 spiro atoms. The topological polar surface area (TPSA) is 12.0 Å². The SMILES string of the molecule is CC(C)NC(C)C(C)Cc1cccc2ccccc12. The Morgan fingerprint density at radius 1 is 0.895 bits per heavy atom. The first kappa shape index (κ1) is 14.1. The Balaban J connectivity index is 2.17. The standard InChI is InChI=1S/C18H25N/c1-13(2)19-15(4)14(3)12-17-10-7-9-16-8-5-6-11-18(16)17/h5-11,13-15,19H,12H2,1-4H3. The van der Waals surface area contributed by atoms with Crippen LogP contribution >= 0.6 is 0 Å². The summed E-state index contributed by atoms with van der Waals surface area (Å²) in [6.07, 6.45) is 1.13. The largest absolute Gasteiger partial charge is 0.312 e. The zero-order valence-corrected chi connectivity index (χ0v) is 12.5. The van der Waals surface area contributed by atoms with Crippen LogP contribution in [0.15, 0.2) is 42.5 Å². The summed E-state index contributed by atoms with van der Waals surface area (Å²) >= 11 is 0. The van der Waals surface area contributed by atoms with E-state index in [1.165, 1.54) is 16.3 Å². The molecule has 0 saturated carbocycles. The molecule has 2 aromatic carbocycles. The first-order chi connectivity index (χ1) is 9.08. The van der Waals surface area contributed by atoms with Crippen LogP contribution in [0.1, 0.15) is 33.3 Å². The van der Waals surface area contributed by atoms with Gasteiger partial charge in [0.15, 0.2) is 0 Å². The van der Waals surface area contributed by atoms with Gasteiger partial charge < -0.3 is 5.32 Å². The van der Waals surface area contributed by atoms with Gasteiger partial charge in [-0.1, -0.05) is 63.2 Å². The summed E-state index contributed by atoms with van der Waals surface area (Å²) in [5.74, 6) is 0.633. The predicted molar refractivity (Wildman–Crippen MR) is 84.5 cm³/mol. The molecule has 2 aromatic rings. The number of rotatable bonds is 5. The Bertz CT molecular complexity index is 525. The molecule has 0 aliphatic carbocycles. The molecule has 1 N–H and O–H groups in total. The third kappa shape index (κ3) is 3.57. The fourth-order valence-electron chi connectivity index (χ4n) is 2.68. The lowest BCUT2D eigenvalue weighted by Gasteiger charge is -2.24. The maximum absolute atomic E-state index is 3.61. The number of nitrogens with one attached hydrogen (secondary N) is 1. The van der Waals surface area contributed by atoms with Crippen LogP contribution in [0.25, 0.3) is 10.8 Å². The lowest BCUT2D eigenvalue weighted by atomic mass is 9.91. The van der Waals surface area contributed by atoms with Gasteiger partial charge in [-0.15, -0.1) is 0 Å². The van der Waals surface area contributed by atoms with Crippen LogP contribution in [0, 0.1) is 5.92 Å². The Labute approximate surface area is 117 Å². The van der Waals surface area contributed by atoms with Crippen molar-refractivity contribution < 1.29 is 0 Å². The molecule has 1 heteroatoms. The Morgan fingerprint density at radius 3 is 2.32 bits per heavy atom. The lowest BCUT2D eigenvalue weighted by Crippen LogP contribution is -2.37. The van der Waals surface area contributed by atoms with Gasteiger partial charge in [-0.3, -0.25) is 0 Å². The van der Waals surface area contributed by atoms with Gasteiger partial charge in [0.1, 0.15) is 0 Å². The van der Waals surface area contributed by atoms with E-state index in [1.807, 2.05) is 0 Å². The van der Waals surface area contributed by atoms with Crippen molar-refractivity contribution in [2.75, 3.05) is 0 Å². The molecule has 102 valence electrons. The minimum Gasteiger partial charge on any atom is -0.312 e. The van der Waals surface area contributed by atoms with Gasteiger partial charge in [0.05, 0.1) is 0 Å². The van der Waals surface area contributed by atoms with Gasteiger partial charge in [0.2, 0.25) is 0 Å².